The Morgan fingerprint density at radius 3 is 2.94 bits per heavy atom. The van der Waals surface area contributed by atoms with Gasteiger partial charge in [-0.2, -0.15) is 0 Å². The molecule has 0 aromatic heterocycles. The van der Waals surface area contributed by atoms with Crippen LogP contribution in [-0.2, 0) is 15.9 Å². The molecule has 0 radical (unpaired) electrons. The zero-order valence-corrected chi connectivity index (χ0v) is 10.8. The third kappa shape index (κ3) is 2.11. The average molecular weight is 248 g/mol. The highest BCUT2D eigenvalue weighted by Gasteiger charge is 2.31. The van der Waals surface area contributed by atoms with E-state index in [4.69, 9.17) is 15.2 Å². The lowest BCUT2D eigenvalue weighted by atomic mass is 9.96. The summed E-state index contributed by atoms with van der Waals surface area (Å²) < 4.78 is 10.9. The number of nitrogen functional groups attached to an aromatic ring is 1. The van der Waals surface area contributed by atoms with Crippen LogP contribution in [0, 0.1) is 5.92 Å². The van der Waals surface area contributed by atoms with Gasteiger partial charge in [0.25, 0.3) is 0 Å². The second-order valence-corrected chi connectivity index (χ2v) is 5.19. The molecule has 1 fully saturated rings. The molecule has 1 aromatic carbocycles. The van der Waals surface area contributed by atoms with Gasteiger partial charge in [-0.25, -0.2) is 0 Å². The number of anilines is 1. The zero-order chi connectivity index (χ0) is 12.5. The SMILES string of the molecule is COC1c2cc(N)ccc2CCN1CC1COC1. The van der Waals surface area contributed by atoms with Crippen molar-refractivity contribution in [1.29, 1.82) is 0 Å². The molecule has 2 heterocycles. The smallest absolute Gasteiger partial charge is 0.136 e. The van der Waals surface area contributed by atoms with Crippen molar-refractivity contribution >= 4 is 5.69 Å². The van der Waals surface area contributed by atoms with E-state index in [9.17, 15) is 0 Å². The Balaban J connectivity index is 1.82. The summed E-state index contributed by atoms with van der Waals surface area (Å²) in [7, 11) is 1.77. The maximum Gasteiger partial charge on any atom is 0.136 e. The number of benzene rings is 1. The van der Waals surface area contributed by atoms with Gasteiger partial charge in [-0.15, -0.1) is 0 Å². The highest BCUT2D eigenvalue weighted by Crippen LogP contribution is 2.32. The van der Waals surface area contributed by atoms with Gasteiger partial charge >= 0.3 is 0 Å². The van der Waals surface area contributed by atoms with E-state index >= 15 is 0 Å². The van der Waals surface area contributed by atoms with Crippen LogP contribution in [0.5, 0.6) is 0 Å². The number of ether oxygens (including phenoxy) is 2. The van der Waals surface area contributed by atoms with Crippen LogP contribution in [0.1, 0.15) is 17.4 Å². The number of methoxy groups -OCH3 is 1. The van der Waals surface area contributed by atoms with Gasteiger partial charge in [-0.1, -0.05) is 6.07 Å². The molecular formula is C14H20N2O2. The van der Waals surface area contributed by atoms with Crippen molar-refractivity contribution in [1.82, 2.24) is 4.90 Å². The molecule has 18 heavy (non-hydrogen) atoms. The first-order chi connectivity index (χ1) is 8.78. The fraction of sp³-hybridized carbons (Fsp3) is 0.571. The molecule has 4 heteroatoms. The first-order valence-corrected chi connectivity index (χ1v) is 6.51. The lowest BCUT2D eigenvalue weighted by molar-refractivity contribution is -0.0940. The molecule has 98 valence electrons. The second-order valence-electron chi connectivity index (χ2n) is 5.19. The van der Waals surface area contributed by atoms with Crippen LogP contribution >= 0.6 is 0 Å². The number of nitrogens with zero attached hydrogens (tertiary/aromatic N) is 1. The van der Waals surface area contributed by atoms with Crippen LogP contribution in [0.25, 0.3) is 0 Å². The summed E-state index contributed by atoms with van der Waals surface area (Å²) >= 11 is 0. The van der Waals surface area contributed by atoms with Crippen molar-refractivity contribution < 1.29 is 9.47 Å². The Labute approximate surface area is 108 Å². The molecule has 2 aliphatic rings. The summed E-state index contributed by atoms with van der Waals surface area (Å²) in [4.78, 5) is 2.40. The number of rotatable bonds is 3. The molecule has 0 amide bonds. The van der Waals surface area contributed by atoms with Gasteiger partial charge in [0, 0.05) is 37.4 Å². The van der Waals surface area contributed by atoms with Crippen molar-refractivity contribution in [3.63, 3.8) is 0 Å². The molecule has 0 bridgehead atoms. The van der Waals surface area contributed by atoms with E-state index in [1.54, 1.807) is 7.11 Å². The number of nitrogens with two attached hydrogens (primary N) is 1. The molecule has 0 aliphatic carbocycles. The zero-order valence-electron chi connectivity index (χ0n) is 10.8. The second kappa shape index (κ2) is 4.88. The van der Waals surface area contributed by atoms with Gasteiger partial charge in [0.2, 0.25) is 0 Å². The molecule has 3 rings (SSSR count). The number of hydrogen-bond acceptors (Lipinski definition) is 4. The molecule has 1 unspecified atom stereocenters. The molecule has 0 saturated carbocycles. The summed E-state index contributed by atoms with van der Waals surface area (Å²) in [5, 5.41) is 0. The monoisotopic (exact) mass is 248 g/mol. The lowest BCUT2D eigenvalue weighted by Crippen LogP contribution is -2.44. The van der Waals surface area contributed by atoms with Crippen LogP contribution in [0.4, 0.5) is 5.69 Å². The third-order valence-electron chi connectivity index (χ3n) is 3.86. The maximum atomic E-state index is 5.89. The Morgan fingerprint density at radius 1 is 1.44 bits per heavy atom. The topological polar surface area (TPSA) is 47.7 Å². The van der Waals surface area contributed by atoms with Crippen molar-refractivity contribution in [2.75, 3.05) is 39.1 Å². The van der Waals surface area contributed by atoms with Crippen LogP contribution < -0.4 is 5.73 Å². The first-order valence-electron chi connectivity index (χ1n) is 6.51. The lowest BCUT2D eigenvalue weighted by Gasteiger charge is -2.40. The van der Waals surface area contributed by atoms with Gasteiger partial charge in [0.05, 0.1) is 13.2 Å². The highest BCUT2D eigenvalue weighted by atomic mass is 16.5. The van der Waals surface area contributed by atoms with E-state index in [0.717, 1.165) is 38.4 Å². The number of fused-ring (bicyclic) bond motifs is 1. The normalized spacial score (nSPS) is 24.6. The van der Waals surface area contributed by atoms with Gasteiger partial charge in [-0.3, -0.25) is 4.90 Å². The summed E-state index contributed by atoms with van der Waals surface area (Å²) in [6.45, 7) is 3.87. The summed E-state index contributed by atoms with van der Waals surface area (Å²) in [6, 6.07) is 6.15. The predicted molar refractivity (Wildman–Crippen MR) is 70.2 cm³/mol. The highest BCUT2D eigenvalue weighted by molar-refractivity contribution is 5.46. The molecule has 1 saturated heterocycles. The Hall–Kier alpha value is -1.10. The fourth-order valence-corrected chi connectivity index (χ4v) is 2.83. The van der Waals surface area contributed by atoms with E-state index < -0.39 is 0 Å². The van der Waals surface area contributed by atoms with Crippen LogP contribution in [0.15, 0.2) is 18.2 Å². The largest absolute Gasteiger partial charge is 0.399 e. The predicted octanol–water partition coefficient (Wildman–Crippen LogP) is 1.42. The van der Waals surface area contributed by atoms with Gasteiger partial charge in [0.1, 0.15) is 6.23 Å². The van der Waals surface area contributed by atoms with E-state index in [-0.39, 0.29) is 6.23 Å². The van der Waals surface area contributed by atoms with Crippen LogP contribution in [0.3, 0.4) is 0 Å². The van der Waals surface area contributed by atoms with E-state index in [1.807, 2.05) is 12.1 Å². The molecular weight excluding hydrogens is 228 g/mol. The average Bonchev–Trinajstić information content (AvgIpc) is 2.33. The van der Waals surface area contributed by atoms with Gasteiger partial charge in [0.15, 0.2) is 0 Å². The number of hydrogen-bond donors (Lipinski definition) is 1. The Morgan fingerprint density at radius 2 is 2.28 bits per heavy atom. The standard InChI is InChI=1S/C14H20N2O2/c1-17-14-13-6-12(15)3-2-11(13)4-5-16(14)7-10-8-18-9-10/h2-3,6,10,14H,4-5,7-9,15H2,1H3. The minimum Gasteiger partial charge on any atom is -0.399 e. The Kier molecular flexibility index (Phi) is 3.24. The summed E-state index contributed by atoms with van der Waals surface area (Å²) in [5.74, 6) is 0.658. The Bertz CT molecular complexity index is 432. The van der Waals surface area contributed by atoms with Gasteiger partial charge in [-0.05, 0) is 24.1 Å². The van der Waals surface area contributed by atoms with E-state index in [2.05, 4.69) is 11.0 Å². The van der Waals surface area contributed by atoms with Crippen LogP contribution in [0.2, 0.25) is 0 Å². The minimum atomic E-state index is 0.0397. The molecule has 1 aromatic rings. The molecule has 2 aliphatic heterocycles. The van der Waals surface area contributed by atoms with Crippen molar-refractivity contribution in [3.05, 3.63) is 29.3 Å². The molecule has 4 nitrogen and oxygen atoms in total. The fourth-order valence-electron chi connectivity index (χ4n) is 2.83. The third-order valence-corrected chi connectivity index (χ3v) is 3.86. The van der Waals surface area contributed by atoms with Crippen molar-refractivity contribution in [2.45, 2.75) is 12.6 Å². The van der Waals surface area contributed by atoms with Crippen LogP contribution in [-0.4, -0.2) is 38.3 Å². The minimum absolute atomic E-state index is 0.0397. The van der Waals surface area contributed by atoms with E-state index in [0.29, 0.717) is 5.92 Å². The van der Waals surface area contributed by atoms with E-state index in [1.165, 1.54) is 11.1 Å². The quantitative estimate of drug-likeness (QED) is 0.822. The first kappa shape index (κ1) is 12.0. The summed E-state index contributed by atoms with van der Waals surface area (Å²) in [5.41, 5.74) is 9.28. The molecule has 1 atom stereocenters. The molecule has 0 spiro atoms. The van der Waals surface area contributed by atoms with Crippen molar-refractivity contribution in [3.8, 4) is 0 Å². The molecule has 2 N–H and O–H groups in total. The van der Waals surface area contributed by atoms with Gasteiger partial charge < -0.3 is 15.2 Å². The maximum absolute atomic E-state index is 5.89. The van der Waals surface area contributed by atoms with Crippen molar-refractivity contribution in [2.24, 2.45) is 5.92 Å². The summed E-state index contributed by atoms with van der Waals surface area (Å²) in [6.07, 6.45) is 1.11.